The maximum absolute atomic E-state index is 4.48. The minimum Gasteiger partial charge on any atom is -0.365 e. The van der Waals surface area contributed by atoms with Crippen LogP contribution in [0.3, 0.4) is 0 Å². The molecule has 0 saturated heterocycles. The molecule has 0 aliphatic carbocycles. The number of thiazole rings is 2. The third-order valence-electron chi connectivity index (χ3n) is 2.50. The summed E-state index contributed by atoms with van der Waals surface area (Å²) in [5.74, 6) is 0. The van der Waals surface area contributed by atoms with Gasteiger partial charge >= 0.3 is 0 Å². The molecule has 0 aliphatic heterocycles. The molecule has 2 rings (SSSR count). The van der Waals surface area contributed by atoms with Gasteiger partial charge in [-0.15, -0.1) is 11.3 Å². The summed E-state index contributed by atoms with van der Waals surface area (Å²) >= 11 is 3.31. The maximum Gasteiger partial charge on any atom is 0.185 e. The second-order valence-corrected chi connectivity index (χ2v) is 5.33. The van der Waals surface area contributed by atoms with E-state index in [0.717, 1.165) is 33.9 Å². The fourth-order valence-corrected chi connectivity index (χ4v) is 3.28. The SMILES string of the molecule is CCN(CC)c1ncc(-c2csc(NC)n2)s1. The van der Waals surface area contributed by atoms with E-state index in [2.05, 4.69) is 39.4 Å². The number of aromatic nitrogens is 2. The van der Waals surface area contributed by atoms with E-state index in [1.807, 2.05) is 13.2 Å². The minimum absolute atomic E-state index is 0.942. The Bertz CT molecular complexity index is 473. The van der Waals surface area contributed by atoms with Crippen LogP contribution in [0.15, 0.2) is 11.6 Å². The number of hydrogen-bond acceptors (Lipinski definition) is 6. The number of nitrogens with zero attached hydrogens (tertiary/aromatic N) is 3. The third kappa shape index (κ3) is 2.58. The van der Waals surface area contributed by atoms with Crippen LogP contribution in [-0.4, -0.2) is 30.1 Å². The van der Waals surface area contributed by atoms with Crippen molar-refractivity contribution in [2.24, 2.45) is 0 Å². The minimum atomic E-state index is 0.942. The summed E-state index contributed by atoms with van der Waals surface area (Å²) in [5, 5.41) is 7.13. The molecule has 0 bridgehead atoms. The topological polar surface area (TPSA) is 41.1 Å². The summed E-state index contributed by atoms with van der Waals surface area (Å²) in [4.78, 5) is 12.3. The highest BCUT2D eigenvalue weighted by Gasteiger charge is 2.11. The van der Waals surface area contributed by atoms with Gasteiger partial charge in [-0.05, 0) is 13.8 Å². The van der Waals surface area contributed by atoms with Crippen LogP contribution < -0.4 is 10.2 Å². The number of hydrogen-bond donors (Lipinski definition) is 1. The Hall–Kier alpha value is -1.14. The molecule has 0 aromatic carbocycles. The van der Waals surface area contributed by atoms with E-state index >= 15 is 0 Å². The first kappa shape index (κ1) is 12.3. The second kappa shape index (κ2) is 5.46. The van der Waals surface area contributed by atoms with Crippen LogP contribution in [0.4, 0.5) is 10.3 Å². The van der Waals surface area contributed by atoms with Gasteiger partial charge in [-0.2, -0.15) is 0 Å². The molecule has 0 spiro atoms. The Labute approximate surface area is 109 Å². The molecule has 2 aromatic rings. The van der Waals surface area contributed by atoms with Crippen molar-refractivity contribution in [1.29, 1.82) is 0 Å². The fraction of sp³-hybridized carbons (Fsp3) is 0.455. The van der Waals surface area contributed by atoms with Crippen molar-refractivity contribution in [3.63, 3.8) is 0 Å². The van der Waals surface area contributed by atoms with Crippen LogP contribution >= 0.6 is 22.7 Å². The van der Waals surface area contributed by atoms with Crippen molar-refractivity contribution < 1.29 is 0 Å². The highest BCUT2D eigenvalue weighted by molar-refractivity contribution is 7.19. The van der Waals surface area contributed by atoms with Crippen LogP contribution in [0.1, 0.15) is 13.8 Å². The molecule has 0 unspecified atom stereocenters. The molecule has 1 N–H and O–H groups in total. The van der Waals surface area contributed by atoms with Crippen LogP contribution in [0.2, 0.25) is 0 Å². The van der Waals surface area contributed by atoms with Crippen molar-refractivity contribution in [1.82, 2.24) is 9.97 Å². The Kier molecular flexibility index (Phi) is 3.96. The lowest BCUT2D eigenvalue weighted by molar-refractivity contribution is 0.860. The number of anilines is 2. The zero-order chi connectivity index (χ0) is 12.3. The van der Waals surface area contributed by atoms with E-state index in [1.165, 1.54) is 0 Å². The summed E-state index contributed by atoms with van der Waals surface area (Å²) in [6.07, 6.45) is 1.91. The molecule has 0 amide bonds. The van der Waals surface area contributed by atoms with Gasteiger partial charge in [0.25, 0.3) is 0 Å². The van der Waals surface area contributed by atoms with Gasteiger partial charge in [-0.3, -0.25) is 0 Å². The van der Waals surface area contributed by atoms with E-state index in [-0.39, 0.29) is 0 Å². The maximum atomic E-state index is 4.48. The molecule has 2 aromatic heterocycles. The molecule has 0 fully saturated rings. The van der Waals surface area contributed by atoms with Crippen molar-refractivity contribution >= 4 is 32.9 Å². The van der Waals surface area contributed by atoms with E-state index in [1.54, 1.807) is 22.7 Å². The molecule has 0 aliphatic rings. The average Bonchev–Trinajstić information content (AvgIpc) is 2.98. The lowest BCUT2D eigenvalue weighted by Gasteiger charge is -2.16. The van der Waals surface area contributed by atoms with Crippen molar-refractivity contribution in [2.45, 2.75) is 13.8 Å². The Morgan fingerprint density at radius 2 is 2.12 bits per heavy atom. The number of nitrogens with one attached hydrogen (secondary N) is 1. The van der Waals surface area contributed by atoms with Crippen LogP contribution in [0.25, 0.3) is 10.6 Å². The van der Waals surface area contributed by atoms with Crippen LogP contribution in [0.5, 0.6) is 0 Å². The Morgan fingerprint density at radius 1 is 1.35 bits per heavy atom. The second-order valence-electron chi connectivity index (χ2n) is 3.47. The highest BCUT2D eigenvalue weighted by atomic mass is 32.1. The summed E-state index contributed by atoms with van der Waals surface area (Å²) in [7, 11) is 1.89. The van der Waals surface area contributed by atoms with Crippen molar-refractivity contribution in [3.8, 4) is 10.6 Å². The van der Waals surface area contributed by atoms with Crippen LogP contribution in [0, 0.1) is 0 Å². The largest absolute Gasteiger partial charge is 0.365 e. The zero-order valence-electron chi connectivity index (χ0n) is 10.2. The zero-order valence-corrected chi connectivity index (χ0v) is 11.9. The van der Waals surface area contributed by atoms with Crippen LogP contribution in [-0.2, 0) is 0 Å². The van der Waals surface area contributed by atoms with Crippen molar-refractivity contribution in [3.05, 3.63) is 11.6 Å². The monoisotopic (exact) mass is 268 g/mol. The number of rotatable bonds is 5. The molecule has 4 nitrogen and oxygen atoms in total. The van der Waals surface area contributed by atoms with Gasteiger partial charge in [0.2, 0.25) is 0 Å². The lowest BCUT2D eigenvalue weighted by atomic mass is 10.4. The van der Waals surface area contributed by atoms with Gasteiger partial charge in [0.05, 0.1) is 10.6 Å². The van der Waals surface area contributed by atoms with E-state index in [4.69, 9.17) is 0 Å². The molecule has 0 radical (unpaired) electrons. The van der Waals surface area contributed by atoms with Gasteiger partial charge in [0, 0.05) is 31.7 Å². The summed E-state index contributed by atoms with van der Waals surface area (Å²) < 4.78 is 0. The molecule has 17 heavy (non-hydrogen) atoms. The van der Waals surface area contributed by atoms with E-state index in [0.29, 0.717) is 0 Å². The van der Waals surface area contributed by atoms with Gasteiger partial charge < -0.3 is 10.2 Å². The summed E-state index contributed by atoms with van der Waals surface area (Å²) in [6, 6.07) is 0. The molecule has 0 atom stereocenters. The normalized spacial score (nSPS) is 10.5. The predicted molar refractivity (Wildman–Crippen MR) is 76.3 cm³/mol. The van der Waals surface area contributed by atoms with E-state index < -0.39 is 0 Å². The van der Waals surface area contributed by atoms with Gasteiger partial charge in [0.1, 0.15) is 0 Å². The Balaban J connectivity index is 2.22. The van der Waals surface area contributed by atoms with E-state index in [9.17, 15) is 0 Å². The van der Waals surface area contributed by atoms with Gasteiger partial charge in [0.15, 0.2) is 10.3 Å². The predicted octanol–water partition coefficient (Wildman–Crippen LogP) is 3.15. The quantitative estimate of drug-likeness (QED) is 0.904. The molecule has 6 heteroatoms. The summed E-state index contributed by atoms with van der Waals surface area (Å²) in [6.45, 7) is 6.27. The molecule has 92 valence electrons. The highest BCUT2D eigenvalue weighted by Crippen LogP contribution is 2.32. The standard InChI is InChI=1S/C11H16N4S2/c1-4-15(5-2)11-13-6-9(17-11)8-7-16-10(12-3)14-8/h6-7H,4-5H2,1-3H3,(H,12,14). The lowest BCUT2D eigenvalue weighted by Crippen LogP contribution is -2.21. The molecule has 2 heterocycles. The molecule has 0 saturated carbocycles. The smallest absolute Gasteiger partial charge is 0.185 e. The van der Waals surface area contributed by atoms with Gasteiger partial charge in [-0.1, -0.05) is 11.3 Å². The summed E-state index contributed by atoms with van der Waals surface area (Å²) in [5.41, 5.74) is 1.01. The first-order chi connectivity index (χ1) is 8.28. The first-order valence-electron chi connectivity index (χ1n) is 5.62. The van der Waals surface area contributed by atoms with Crippen molar-refractivity contribution in [2.75, 3.05) is 30.4 Å². The average molecular weight is 268 g/mol. The third-order valence-corrected chi connectivity index (χ3v) is 4.44. The molecular formula is C11H16N4S2. The Morgan fingerprint density at radius 3 is 2.71 bits per heavy atom. The first-order valence-corrected chi connectivity index (χ1v) is 7.32. The fourth-order valence-electron chi connectivity index (χ4n) is 1.53. The van der Waals surface area contributed by atoms with Gasteiger partial charge in [-0.25, -0.2) is 9.97 Å². The molecular weight excluding hydrogens is 252 g/mol.